The molecule has 1 aromatic carbocycles. The molecule has 61 heavy (non-hydrogen) atoms. The minimum atomic E-state index is -2.86. The minimum Gasteiger partial charge on any atom is -0.381 e. The van der Waals surface area contributed by atoms with E-state index < -0.39 is 30.0 Å². The summed E-state index contributed by atoms with van der Waals surface area (Å²) < 4.78 is 40.1. The molecule has 4 aromatic heterocycles. The number of aromatic nitrogens is 7. The Morgan fingerprint density at radius 1 is 1.00 bits per heavy atom. The zero-order valence-corrected chi connectivity index (χ0v) is 34.1. The molecule has 18 heteroatoms. The third-order valence-electron chi connectivity index (χ3n) is 12.8. The van der Waals surface area contributed by atoms with E-state index in [1.54, 1.807) is 17.9 Å². The van der Waals surface area contributed by atoms with E-state index in [1.807, 2.05) is 24.3 Å². The quantitative estimate of drug-likeness (QED) is 0.164. The first kappa shape index (κ1) is 40.6. The summed E-state index contributed by atoms with van der Waals surface area (Å²) in [6.07, 6.45) is 7.51. The number of imidazole rings is 1. The second-order valence-corrected chi connectivity index (χ2v) is 16.6. The molecule has 1 unspecified atom stereocenters. The number of imide groups is 1. The first-order valence-electron chi connectivity index (χ1n) is 21.2. The fraction of sp³-hybridized carbons (Fsp3) is 0.512. The van der Waals surface area contributed by atoms with Gasteiger partial charge in [0.15, 0.2) is 11.3 Å². The first-order valence-corrected chi connectivity index (χ1v) is 21.2. The normalized spacial score (nSPS) is 22.1. The molecule has 1 atom stereocenters. The van der Waals surface area contributed by atoms with Crippen molar-refractivity contribution in [3.8, 4) is 11.8 Å². The maximum Gasteiger partial charge on any atom is 0.329 e. The van der Waals surface area contributed by atoms with Crippen molar-refractivity contribution in [1.29, 1.82) is 0 Å². The SMILES string of the molecule is Cn1c(=O)n(C2CCC(=O)NC2=O)c2cccc(C#CCN3CCN(C[C@H]4CC[C@H](n5cc(NC(=O)c6cnn7ccc(C8CCOCC8)nc67)c(C(F)F)n5)CC4)CC3)c21. The Balaban J connectivity index is 0.768. The van der Waals surface area contributed by atoms with Gasteiger partial charge in [-0.1, -0.05) is 17.9 Å². The summed E-state index contributed by atoms with van der Waals surface area (Å²) >= 11 is 0. The summed E-state index contributed by atoms with van der Waals surface area (Å²) in [7, 11) is 1.68. The van der Waals surface area contributed by atoms with E-state index in [2.05, 4.69) is 42.5 Å². The van der Waals surface area contributed by atoms with Crippen molar-refractivity contribution in [3.63, 3.8) is 0 Å². The van der Waals surface area contributed by atoms with E-state index in [9.17, 15) is 28.0 Å². The van der Waals surface area contributed by atoms with E-state index in [0.717, 1.165) is 76.9 Å². The van der Waals surface area contributed by atoms with Crippen LogP contribution in [0.1, 0.15) is 103 Å². The molecule has 0 radical (unpaired) electrons. The number of para-hydroxylation sites is 1. The zero-order valence-electron chi connectivity index (χ0n) is 34.1. The smallest absolute Gasteiger partial charge is 0.329 e. The third-order valence-corrected chi connectivity index (χ3v) is 12.8. The number of hydrogen-bond donors (Lipinski definition) is 2. The number of amides is 3. The van der Waals surface area contributed by atoms with Gasteiger partial charge in [-0.25, -0.2) is 23.1 Å². The van der Waals surface area contributed by atoms with Crippen LogP contribution in [0.2, 0.25) is 0 Å². The third kappa shape index (κ3) is 8.33. The van der Waals surface area contributed by atoms with Gasteiger partial charge in [-0.05, 0) is 69.1 Å². The molecular weight excluding hydrogens is 789 g/mol. The van der Waals surface area contributed by atoms with Crippen LogP contribution in [-0.4, -0.2) is 114 Å². The average Bonchev–Trinajstić information content (AvgIpc) is 3.96. The van der Waals surface area contributed by atoms with Crippen LogP contribution in [0.3, 0.4) is 0 Å². The summed E-state index contributed by atoms with van der Waals surface area (Å²) in [4.78, 5) is 60.6. The number of alkyl halides is 2. The molecule has 0 bridgehead atoms. The van der Waals surface area contributed by atoms with E-state index in [0.29, 0.717) is 47.9 Å². The lowest BCUT2D eigenvalue weighted by molar-refractivity contribution is -0.135. The van der Waals surface area contributed by atoms with Gasteiger partial charge in [-0.15, -0.1) is 0 Å². The van der Waals surface area contributed by atoms with Gasteiger partial charge in [-0.2, -0.15) is 10.2 Å². The lowest BCUT2D eigenvalue weighted by Gasteiger charge is -2.37. The average molecular weight is 838 g/mol. The van der Waals surface area contributed by atoms with Crippen LogP contribution in [0.4, 0.5) is 14.5 Å². The predicted octanol–water partition coefficient (Wildman–Crippen LogP) is 4.04. The maximum absolute atomic E-state index is 14.3. The number of aryl methyl sites for hydroxylation is 1. The molecule has 320 valence electrons. The monoisotopic (exact) mass is 837 g/mol. The zero-order chi connectivity index (χ0) is 42.2. The largest absolute Gasteiger partial charge is 0.381 e. The second-order valence-electron chi connectivity index (χ2n) is 16.6. The van der Waals surface area contributed by atoms with Gasteiger partial charge >= 0.3 is 5.69 Å². The number of halogens is 2. The van der Waals surface area contributed by atoms with Gasteiger partial charge in [0.1, 0.15) is 11.6 Å². The van der Waals surface area contributed by atoms with Crippen LogP contribution >= 0.6 is 0 Å². The Morgan fingerprint density at radius 3 is 2.52 bits per heavy atom. The van der Waals surface area contributed by atoms with Crippen LogP contribution in [0.15, 0.2) is 47.7 Å². The second kappa shape index (κ2) is 17.3. The Labute approximate surface area is 350 Å². The maximum atomic E-state index is 14.3. The van der Waals surface area contributed by atoms with E-state index >= 15 is 0 Å². The highest BCUT2D eigenvalue weighted by molar-refractivity contribution is 6.08. The highest BCUT2D eigenvalue weighted by atomic mass is 19.3. The molecule has 5 aromatic rings. The van der Waals surface area contributed by atoms with Gasteiger partial charge in [0.2, 0.25) is 11.8 Å². The van der Waals surface area contributed by atoms with E-state index in [1.165, 1.54) is 26.0 Å². The van der Waals surface area contributed by atoms with Crippen molar-refractivity contribution in [2.75, 3.05) is 57.8 Å². The highest BCUT2D eigenvalue weighted by Crippen LogP contribution is 2.36. The molecular formula is C43H49F2N11O5. The van der Waals surface area contributed by atoms with Crippen LogP contribution in [0.25, 0.3) is 16.7 Å². The van der Waals surface area contributed by atoms with Crippen molar-refractivity contribution in [3.05, 3.63) is 75.9 Å². The molecule has 3 saturated heterocycles. The van der Waals surface area contributed by atoms with Crippen molar-refractivity contribution >= 4 is 40.1 Å². The Bertz CT molecular complexity index is 2580. The molecule has 0 spiro atoms. The number of piperazine rings is 1. The number of carbonyl (C=O) groups excluding carboxylic acids is 3. The molecule has 16 nitrogen and oxygen atoms in total. The number of fused-ring (bicyclic) bond motifs is 2. The molecule has 4 fully saturated rings. The highest BCUT2D eigenvalue weighted by Gasteiger charge is 2.32. The van der Waals surface area contributed by atoms with Crippen LogP contribution in [-0.2, 0) is 21.4 Å². The summed E-state index contributed by atoms with van der Waals surface area (Å²) in [6.45, 7) is 6.45. The summed E-state index contributed by atoms with van der Waals surface area (Å²) in [6, 6.07) is 6.63. The van der Waals surface area contributed by atoms with Gasteiger partial charge in [0.25, 0.3) is 12.3 Å². The number of benzene rings is 1. The van der Waals surface area contributed by atoms with Crippen LogP contribution < -0.4 is 16.3 Å². The summed E-state index contributed by atoms with van der Waals surface area (Å²) in [5, 5.41) is 13.6. The van der Waals surface area contributed by atoms with E-state index in [4.69, 9.17) is 9.72 Å². The van der Waals surface area contributed by atoms with Gasteiger partial charge in [-0.3, -0.25) is 38.4 Å². The number of ether oxygens (including phenoxy) is 1. The summed E-state index contributed by atoms with van der Waals surface area (Å²) in [5.74, 6) is 5.92. The minimum absolute atomic E-state index is 0.00356. The standard InChI is InChI=1S/C43H49F2N11O5/c1-51-38-29(4-2-6-34(38)56(43(51)60)35-11-12-36(57)49-42(35)59)5-3-16-52-18-20-53(21-19-52)25-27-7-9-30(10-8-27)55-26-33(37(50-55)39(44)45)48-41(58)31-24-46-54-17-13-32(47-40(31)54)28-14-22-61-23-15-28/h2,4,6,13,17,24,26-28,30,35,39H,7-12,14-16,18-23,25H2,1H3,(H,48,58)(H,49,57,59)/t27-,30-,35?. The molecule has 7 heterocycles. The summed E-state index contributed by atoms with van der Waals surface area (Å²) in [5.41, 5.74) is 2.66. The Hall–Kier alpha value is -5.77. The fourth-order valence-corrected chi connectivity index (χ4v) is 9.41. The number of hydrogen-bond acceptors (Lipinski definition) is 10. The molecule has 2 N–H and O–H groups in total. The predicted molar refractivity (Wildman–Crippen MR) is 220 cm³/mol. The van der Waals surface area contributed by atoms with Crippen molar-refractivity contribution < 1.29 is 27.9 Å². The Kier molecular flexibility index (Phi) is 11.5. The van der Waals surface area contributed by atoms with Gasteiger partial charge < -0.3 is 15.0 Å². The first-order chi connectivity index (χ1) is 29.6. The van der Waals surface area contributed by atoms with Gasteiger partial charge in [0, 0.05) is 83.4 Å². The lowest BCUT2D eigenvalue weighted by Crippen LogP contribution is -2.48. The molecule has 3 aliphatic heterocycles. The number of piperidine rings is 1. The lowest BCUT2D eigenvalue weighted by atomic mass is 9.85. The molecule has 1 saturated carbocycles. The number of rotatable bonds is 9. The molecule has 3 amide bonds. The fourth-order valence-electron chi connectivity index (χ4n) is 9.41. The topological polar surface area (TPSA) is 166 Å². The molecule has 9 rings (SSSR count). The van der Waals surface area contributed by atoms with Crippen molar-refractivity contribution in [2.24, 2.45) is 13.0 Å². The number of nitrogens with one attached hydrogen (secondary N) is 2. The number of nitrogens with zero attached hydrogens (tertiary/aromatic N) is 9. The number of anilines is 1. The van der Waals surface area contributed by atoms with Gasteiger partial charge in [0.05, 0.1) is 41.1 Å². The molecule has 1 aliphatic carbocycles. The van der Waals surface area contributed by atoms with E-state index in [-0.39, 0.29) is 47.6 Å². The van der Waals surface area contributed by atoms with Crippen LogP contribution in [0, 0.1) is 17.8 Å². The van der Waals surface area contributed by atoms with Crippen LogP contribution in [0.5, 0.6) is 0 Å². The Morgan fingerprint density at radius 2 is 1.77 bits per heavy atom. The molecule has 4 aliphatic rings. The van der Waals surface area contributed by atoms with Crippen molar-refractivity contribution in [2.45, 2.75) is 75.8 Å². The number of carbonyl (C=O) groups is 3. The van der Waals surface area contributed by atoms with Crippen molar-refractivity contribution in [1.82, 2.24) is 48.6 Å².